The van der Waals surface area contributed by atoms with Crippen molar-refractivity contribution in [3.63, 3.8) is 0 Å². The number of carbonyl (C=O) groups excluding carboxylic acids is 1. The monoisotopic (exact) mass is 334 g/mol. The highest BCUT2D eigenvalue weighted by atomic mass is 79.9. The highest BCUT2D eigenvalue weighted by Crippen LogP contribution is 2.28. The fourth-order valence-corrected chi connectivity index (χ4v) is 2.86. The van der Waals surface area contributed by atoms with Gasteiger partial charge in [0.1, 0.15) is 11.6 Å². The second-order valence-corrected chi connectivity index (χ2v) is 5.58. The number of halogens is 2. The van der Waals surface area contributed by atoms with Crippen LogP contribution in [0, 0.1) is 5.82 Å². The summed E-state index contributed by atoms with van der Waals surface area (Å²) in [7, 11) is 0. The highest BCUT2D eigenvalue weighted by molar-refractivity contribution is 9.10. The molecule has 3 rings (SSSR count). The summed E-state index contributed by atoms with van der Waals surface area (Å²) in [6, 6.07) is 9.54. The van der Waals surface area contributed by atoms with Gasteiger partial charge in [0.25, 0.3) is 0 Å². The molecule has 0 unspecified atom stereocenters. The number of aryl methyl sites for hydroxylation is 1. The molecule has 2 nitrogen and oxygen atoms in total. The maximum Gasteiger partial charge on any atom is 0.194 e. The number of benzene rings is 2. The molecule has 0 spiro atoms. The Hall–Kier alpha value is -1.68. The lowest BCUT2D eigenvalue weighted by atomic mass is 9.98. The maximum absolute atomic E-state index is 13.1. The summed E-state index contributed by atoms with van der Waals surface area (Å²) in [5.41, 5.74) is 2.12. The van der Waals surface area contributed by atoms with Gasteiger partial charge in [-0.3, -0.25) is 4.79 Å². The fraction of sp³-hybridized carbons (Fsp3) is 0.188. The number of rotatable bonds is 2. The zero-order chi connectivity index (χ0) is 14.1. The van der Waals surface area contributed by atoms with Crippen molar-refractivity contribution in [3.8, 4) is 5.75 Å². The van der Waals surface area contributed by atoms with Crippen LogP contribution in [0.1, 0.15) is 27.9 Å². The van der Waals surface area contributed by atoms with Crippen molar-refractivity contribution in [2.45, 2.75) is 12.8 Å². The van der Waals surface area contributed by atoms with Crippen LogP contribution in [0.2, 0.25) is 0 Å². The zero-order valence-electron chi connectivity index (χ0n) is 10.7. The zero-order valence-corrected chi connectivity index (χ0v) is 12.2. The van der Waals surface area contributed by atoms with E-state index in [0.29, 0.717) is 15.6 Å². The molecular formula is C16H12BrFO2. The van der Waals surface area contributed by atoms with Crippen molar-refractivity contribution in [1.82, 2.24) is 0 Å². The summed E-state index contributed by atoms with van der Waals surface area (Å²) in [5.74, 6) is 0.364. The average Bonchev–Trinajstić information content (AvgIpc) is 2.46. The topological polar surface area (TPSA) is 26.3 Å². The van der Waals surface area contributed by atoms with E-state index in [-0.39, 0.29) is 11.6 Å². The van der Waals surface area contributed by atoms with Crippen LogP contribution in [0.15, 0.2) is 40.9 Å². The molecule has 0 aromatic heterocycles. The van der Waals surface area contributed by atoms with Crippen LogP contribution in [-0.2, 0) is 6.42 Å². The lowest BCUT2D eigenvalue weighted by Crippen LogP contribution is -2.10. The third-order valence-electron chi connectivity index (χ3n) is 3.35. The average molecular weight is 335 g/mol. The molecule has 0 saturated heterocycles. The van der Waals surface area contributed by atoms with Crippen LogP contribution < -0.4 is 4.74 Å². The van der Waals surface area contributed by atoms with Crippen LogP contribution in [0.3, 0.4) is 0 Å². The Kier molecular flexibility index (Phi) is 3.57. The maximum atomic E-state index is 13.1. The molecule has 0 amide bonds. The summed E-state index contributed by atoms with van der Waals surface area (Å²) < 4.78 is 19.1. The molecular weight excluding hydrogens is 323 g/mol. The molecule has 1 aliphatic rings. The minimum Gasteiger partial charge on any atom is -0.493 e. The first-order valence-electron chi connectivity index (χ1n) is 6.40. The molecule has 20 heavy (non-hydrogen) atoms. The molecule has 0 atom stereocenters. The molecule has 1 aliphatic heterocycles. The number of fused-ring (bicyclic) bond motifs is 1. The van der Waals surface area contributed by atoms with Crippen molar-refractivity contribution in [1.29, 1.82) is 0 Å². The number of hydrogen-bond acceptors (Lipinski definition) is 2. The van der Waals surface area contributed by atoms with E-state index in [2.05, 4.69) is 15.9 Å². The van der Waals surface area contributed by atoms with Gasteiger partial charge in [0.15, 0.2) is 5.78 Å². The van der Waals surface area contributed by atoms with Gasteiger partial charge in [0.2, 0.25) is 0 Å². The molecule has 2 aromatic rings. The Bertz CT molecular complexity index is 682. The molecule has 0 radical (unpaired) electrons. The largest absolute Gasteiger partial charge is 0.493 e. The molecule has 0 bridgehead atoms. The van der Waals surface area contributed by atoms with Crippen LogP contribution in [0.5, 0.6) is 5.75 Å². The van der Waals surface area contributed by atoms with E-state index in [1.165, 1.54) is 18.2 Å². The van der Waals surface area contributed by atoms with E-state index in [9.17, 15) is 9.18 Å². The lowest BCUT2D eigenvalue weighted by Gasteiger charge is -2.17. The predicted molar refractivity (Wildman–Crippen MR) is 77.8 cm³/mol. The Morgan fingerprint density at radius 3 is 2.85 bits per heavy atom. The SMILES string of the molecule is O=C(c1ccc2c(c1)CCCO2)c1ccc(F)cc1Br. The Morgan fingerprint density at radius 1 is 1.20 bits per heavy atom. The molecule has 0 fully saturated rings. The molecule has 102 valence electrons. The summed E-state index contributed by atoms with van der Waals surface area (Å²) >= 11 is 3.23. The Labute approximate surface area is 124 Å². The summed E-state index contributed by atoms with van der Waals surface area (Å²) in [6.07, 6.45) is 1.88. The third kappa shape index (κ3) is 2.48. The van der Waals surface area contributed by atoms with Crippen molar-refractivity contribution >= 4 is 21.7 Å². The third-order valence-corrected chi connectivity index (χ3v) is 4.00. The first-order chi connectivity index (χ1) is 9.65. The number of carbonyl (C=O) groups is 1. The van der Waals surface area contributed by atoms with Gasteiger partial charge in [-0.15, -0.1) is 0 Å². The van der Waals surface area contributed by atoms with Crippen LogP contribution >= 0.6 is 15.9 Å². The van der Waals surface area contributed by atoms with Gasteiger partial charge in [-0.2, -0.15) is 0 Å². The Balaban J connectivity index is 1.98. The van der Waals surface area contributed by atoms with Gasteiger partial charge in [0.05, 0.1) is 6.61 Å². The number of ketones is 1. The van der Waals surface area contributed by atoms with Gasteiger partial charge in [0, 0.05) is 15.6 Å². The predicted octanol–water partition coefficient (Wildman–Crippen LogP) is 4.14. The standard InChI is InChI=1S/C16H12BrFO2/c17-14-9-12(18)4-5-13(14)16(19)11-3-6-15-10(8-11)2-1-7-20-15/h3-6,8-9H,1-2,7H2. The molecule has 2 aromatic carbocycles. The molecule has 4 heteroatoms. The second-order valence-electron chi connectivity index (χ2n) is 4.73. The van der Waals surface area contributed by atoms with Crippen LogP contribution in [0.4, 0.5) is 4.39 Å². The first kappa shape index (κ1) is 13.3. The molecule has 0 aliphatic carbocycles. The quantitative estimate of drug-likeness (QED) is 0.771. The number of ether oxygens (including phenoxy) is 1. The minimum absolute atomic E-state index is 0.120. The van der Waals surface area contributed by atoms with Crippen molar-refractivity contribution in [2.75, 3.05) is 6.61 Å². The smallest absolute Gasteiger partial charge is 0.194 e. The van der Waals surface area contributed by atoms with Gasteiger partial charge >= 0.3 is 0 Å². The van der Waals surface area contributed by atoms with Crippen molar-refractivity contribution in [3.05, 3.63) is 63.4 Å². The van der Waals surface area contributed by atoms with Crippen molar-refractivity contribution in [2.24, 2.45) is 0 Å². The summed E-state index contributed by atoms with van der Waals surface area (Å²) in [4.78, 5) is 12.5. The second kappa shape index (κ2) is 5.37. The van der Waals surface area contributed by atoms with E-state index in [0.717, 1.165) is 30.8 Å². The van der Waals surface area contributed by atoms with E-state index in [4.69, 9.17) is 4.74 Å². The van der Waals surface area contributed by atoms with E-state index < -0.39 is 0 Å². The van der Waals surface area contributed by atoms with Gasteiger partial charge in [-0.05, 0) is 70.7 Å². The Morgan fingerprint density at radius 2 is 2.05 bits per heavy atom. The van der Waals surface area contributed by atoms with E-state index in [1.807, 2.05) is 12.1 Å². The molecule has 0 saturated carbocycles. The van der Waals surface area contributed by atoms with E-state index >= 15 is 0 Å². The fourth-order valence-electron chi connectivity index (χ4n) is 2.33. The van der Waals surface area contributed by atoms with Crippen molar-refractivity contribution < 1.29 is 13.9 Å². The van der Waals surface area contributed by atoms with Gasteiger partial charge < -0.3 is 4.74 Å². The highest BCUT2D eigenvalue weighted by Gasteiger charge is 2.17. The summed E-state index contributed by atoms with van der Waals surface area (Å²) in [6.45, 7) is 0.726. The molecule has 1 heterocycles. The van der Waals surface area contributed by atoms with Crippen LogP contribution in [-0.4, -0.2) is 12.4 Å². The lowest BCUT2D eigenvalue weighted by molar-refractivity contribution is 0.103. The van der Waals surface area contributed by atoms with Crippen LogP contribution in [0.25, 0.3) is 0 Å². The minimum atomic E-state index is -0.368. The van der Waals surface area contributed by atoms with Gasteiger partial charge in [-0.25, -0.2) is 4.39 Å². The molecule has 0 N–H and O–H groups in total. The number of hydrogen-bond donors (Lipinski definition) is 0. The van der Waals surface area contributed by atoms with Gasteiger partial charge in [-0.1, -0.05) is 0 Å². The first-order valence-corrected chi connectivity index (χ1v) is 7.20. The summed E-state index contributed by atoms with van der Waals surface area (Å²) in [5, 5.41) is 0. The normalized spacial score (nSPS) is 13.5. The van der Waals surface area contributed by atoms with E-state index in [1.54, 1.807) is 6.07 Å².